The van der Waals surface area contributed by atoms with Crippen LogP contribution in [0.1, 0.15) is 57.9 Å². The first-order valence-electron chi connectivity index (χ1n) is 9.54. The predicted molar refractivity (Wildman–Crippen MR) is 106 cm³/mol. The summed E-state index contributed by atoms with van der Waals surface area (Å²) in [7, 11) is 0. The van der Waals surface area contributed by atoms with Gasteiger partial charge in [0, 0.05) is 10.4 Å². The molecular weight excluding hydrogens is 346 g/mol. The van der Waals surface area contributed by atoms with Crippen molar-refractivity contribution in [1.29, 1.82) is 0 Å². The van der Waals surface area contributed by atoms with E-state index in [4.69, 9.17) is 11.6 Å². The Labute approximate surface area is 160 Å². The Hall–Kier alpha value is -1.65. The number of nitrogens with zero attached hydrogens (tertiary/aromatic N) is 3. The van der Waals surface area contributed by atoms with Crippen LogP contribution in [0.2, 0.25) is 5.02 Å². The van der Waals surface area contributed by atoms with Crippen molar-refractivity contribution in [3.05, 3.63) is 53.1 Å². The summed E-state index contributed by atoms with van der Waals surface area (Å²) in [6, 6.07) is 7.80. The molecule has 2 aromatic rings. The third kappa shape index (κ3) is 3.58. The first kappa shape index (κ1) is 19.1. The third-order valence-corrected chi connectivity index (χ3v) is 6.06. The zero-order valence-corrected chi connectivity index (χ0v) is 16.4. The Bertz CT molecular complexity index is 733. The normalized spacial score (nSPS) is 23.6. The van der Waals surface area contributed by atoms with Crippen molar-refractivity contribution in [1.82, 2.24) is 14.8 Å². The maximum Gasteiger partial charge on any atom is 0.137 e. The van der Waals surface area contributed by atoms with Gasteiger partial charge in [0.2, 0.25) is 0 Å². The lowest BCUT2D eigenvalue weighted by atomic mass is 9.67. The highest BCUT2D eigenvalue weighted by molar-refractivity contribution is 6.30. The van der Waals surface area contributed by atoms with Crippen LogP contribution in [0.5, 0.6) is 0 Å². The van der Waals surface area contributed by atoms with E-state index in [0.29, 0.717) is 6.54 Å². The fourth-order valence-electron chi connectivity index (χ4n) is 4.64. The highest BCUT2D eigenvalue weighted by Crippen LogP contribution is 2.56. The van der Waals surface area contributed by atoms with Crippen LogP contribution in [0, 0.1) is 5.41 Å². The summed E-state index contributed by atoms with van der Waals surface area (Å²) < 4.78 is 1.76. The van der Waals surface area contributed by atoms with Gasteiger partial charge in [-0.1, -0.05) is 56.5 Å². The van der Waals surface area contributed by atoms with E-state index in [1.807, 2.05) is 24.3 Å². The number of hydrogen-bond donors (Lipinski definition) is 1. The van der Waals surface area contributed by atoms with E-state index in [0.717, 1.165) is 54.7 Å². The fourth-order valence-corrected chi connectivity index (χ4v) is 4.77. The van der Waals surface area contributed by atoms with Crippen LogP contribution in [-0.2, 0) is 6.54 Å². The minimum Gasteiger partial charge on any atom is -0.383 e. The molecule has 1 aliphatic rings. The summed E-state index contributed by atoms with van der Waals surface area (Å²) in [4.78, 5) is 4.06. The molecule has 0 saturated heterocycles. The molecule has 0 spiro atoms. The Morgan fingerprint density at radius 1 is 1.19 bits per heavy atom. The lowest BCUT2D eigenvalue weighted by molar-refractivity contribution is -0.0605. The standard InChI is InChI=1S/C21H28ClN3O/c1-3-10-20(11-4-2)12-9-18(13-17-5-7-19(22)8-6-17)21(20,26)14-25-16-23-15-24-25/h5-8,13,15-16,26H,3-4,9-12,14H2,1-2H3. The van der Waals surface area contributed by atoms with E-state index in [1.54, 1.807) is 11.0 Å². The highest BCUT2D eigenvalue weighted by atomic mass is 35.5. The molecule has 0 aliphatic heterocycles. The van der Waals surface area contributed by atoms with Crippen molar-refractivity contribution in [2.75, 3.05) is 0 Å². The number of rotatable bonds is 7. The van der Waals surface area contributed by atoms with Crippen molar-refractivity contribution >= 4 is 17.7 Å². The van der Waals surface area contributed by atoms with E-state index >= 15 is 0 Å². The molecule has 1 heterocycles. The van der Waals surface area contributed by atoms with Gasteiger partial charge in [-0.15, -0.1) is 0 Å². The first-order valence-corrected chi connectivity index (χ1v) is 9.92. The van der Waals surface area contributed by atoms with Gasteiger partial charge >= 0.3 is 0 Å². The molecule has 0 radical (unpaired) electrons. The largest absolute Gasteiger partial charge is 0.383 e. The highest BCUT2D eigenvalue weighted by Gasteiger charge is 2.55. The summed E-state index contributed by atoms with van der Waals surface area (Å²) in [5.41, 5.74) is 1.15. The van der Waals surface area contributed by atoms with Gasteiger partial charge in [-0.05, 0) is 49.0 Å². The Morgan fingerprint density at radius 3 is 2.46 bits per heavy atom. The maximum atomic E-state index is 12.0. The quantitative estimate of drug-likeness (QED) is 0.732. The topological polar surface area (TPSA) is 50.9 Å². The van der Waals surface area contributed by atoms with E-state index in [1.165, 1.54) is 6.33 Å². The molecule has 1 fully saturated rings. The molecule has 1 aliphatic carbocycles. The molecule has 0 bridgehead atoms. The van der Waals surface area contributed by atoms with Crippen LogP contribution in [0.4, 0.5) is 0 Å². The summed E-state index contributed by atoms with van der Waals surface area (Å²) in [6.07, 6.45) is 11.4. The van der Waals surface area contributed by atoms with Gasteiger partial charge in [-0.2, -0.15) is 5.10 Å². The lowest BCUT2D eigenvalue weighted by Crippen LogP contribution is -2.48. The summed E-state index contributed by atoms with van der Waals surface area (Å²) in [5.74, 6) is 0. The molecule has 3 rings (SSSR count). The number of aliphatic hydroxyl groups is 1. The van der Waals surface area contributed by atoms with Gasteiger partial charge in [0.05, 0.1) is 6.54 Å². The minimum atomic E-state index is -0.910. The molecular formula is C21H28ClN3O. The van der Waals surface area contributed by atoms with Crippen LogP contribution < -0.4 is 0 Å². The molecule has 0 amide bonds. The molecule has 1 unspecified atom stereocenters. The van der Waals surface area contributed by atoms with E-state index < -0.39 is 5.60 Å². The van der Waals surface area contributed by atoms with Crippen LogP contribution in [0.3, 0.4) is 0 Å². The molecule has 1 N–H and O–H groups in total. The van der Waals surface area contributed by atoms with Crippen molar-refractivity contribution in [2.45, 2.75) is 64.5 Å². The van der Waals surface area contributed by atoms with Crippen molar-refractivity contribution < 1.29 is 5.11 Å². The van der Waals surface area contributed by atoms with Crippen LogP contribution in [0.15, 0.2) is 42.5 Å². The van der Waals surface area contributed by atoms with Crippen molar-refractivity contribution in [2.24, 2.45) is 5.41 Å². The van der Waals surface area contributed by atoms with Gasteiger partial charge in [-0.3, -0.25) is 0 Å². The lowest BCUT2D eigenvalue weighted by Gasteiger charge is -2.43. The first-order chi connectivity index (χ1) is 12.5. The maximum absolute atomic E-state index is 12.0. The SMILES string of the molecule is CCCC1(CCC)CCC(=Cc2ccc(Cl)cc2)C1(O)Cn1cncn1. The molecule has 5 heteroatoms. The minimum absolute atomic E-state index is 0.110. The summed E-state index contributed by atoms with van der Waals surface area (Å²) in [6.45, 7) is 4.86. The predicted octanol–water partition coefficient (Wildman–Crippen LogP) is 5.13. The van der Waals surface area contributed by atoms with Crippen LogP contribution in [0.25, 0.3) is 6.08 Å². The second-order valence-corrected chi connectivity index (χ2v) is 7.89. The molecule has 1 aromatic carbocycles. The van der Waals surface area contributed by atoms with Gasteiger partial charge in [0.25, 0.3) is 0 Å². The molecule has 1 atom stereocenters. The number of hydrogen-bond acceptors (Lipinski definition) is 3. The van der Waals surface area contributed by atoms with Gasteiger partial charge in [0.1, 0.15) is 18.3 Å². The van der Waals surface area contributed by atoms with E-state index in [2.05, 4.69) is 30.0 Å². The Kier molecular flexibility index (Phi) is 5.83. The van der Waals surface area contributed by atoms with E-state index in [9.17, 15) is 5.11 Å². The summed E-state index contributed by atoms with van der Waals surface area (Å²) in [5, 5.41) is 17.0. The third-order valence-electron chi connectivity index (χ3n) is 5.81. The average molecular weight is 374 g/mol. The van der Waals surface area contributed by atoms with Gasteiger partial charge in [0.15, 0.2) is 0 Å². The number of halogens is 1. The number of benzene rings is 1. The summed E-state index contributed by atoms with van der Waals surface area (Å²) >= 11 is 6.02. The van der Waals surface area contributed by atoms with Gasteiger partial charge < -0.3 is 5.11 Å². The Balaban J connectivity index is 2.03. The molecule has 1 saturated carbocycles. The monoisotopic (exact) mass is 373 g/mol. The molecule has 4 nitrogen and oxygen atoms in total. The molecule has 26 heavy (non-hydrogen) atoms. The van der Waals surface area contributed by atoms with Crippen LogP contribution in [-0.4, -0.2) is 25.5 Å². The average Bonchev–Trinajstić information content (AvgIpc) is 3.20. The zero-order valence-electron chi connectivity index (χ0n) is 15.7. The van der Waals surface area contributed by atoms with Crippen molar-refractivity contribution in [3.8, 4) is 0 Å². The molecule has 1 aromatic heterocycles. The zero-order chi connectivity index (χ0) is 18.6. The number of aromatic nitrogens is 3. The molecule has 140 valence electrons. The Morgan fingerprint density at radius 2 is 1.88 bits per heavy atom. The van der Waals surface area contributed by atoms with Crippen molar-refractivity contribution in [3.63, 3.8) is 0 Å². The van der Waals surface area contributed by atoms with Crippen LogP contribution >= 0.6 is 11.6 Å². The van der Waals surface area contributed by atoms with Gasteiger partial charge in [-0.25, -0.2) is 9.67 Å². The second-order valence-electron chi connectivity index (χ2n) is 7.45. The fraction of sp³-hybridized carbons (Fsp3) is 0.524. The smallest absolute Gasteiger partial charge is 0.137 e. The van der Waals surface area contributed by atoms with E-state index in [-0.39, 0.29) is 5.41 Å². The second kappa shape index (κ2) is 7.93.